The lowest BCUT2D eigenvalue weighted by molar-refractivity contribution is -0.261. The Morgan fingerprint density at radius 3 is 2.61 bits per heavy atom. The molecule has 1 saturated heterocycles. The van der Waals surface area contributed by atoms with Gasteiger partial charge in [-0.3, -0.25) is 4.79 Å². The molecule has 12 heteroatoms. The Bertz CT molecular complexity index is 1470. The second-order valence-electron chi connectivity index (χ2n) is 10.8. The van der Waals surface area contributed by atoms with Crippen molar-refractivity contribution in [2.75, 3.05) is 13.7 Å². The van der Waals surface area contributed by atoms with Crippen molar-refractivity contribution < 1.29 is 34.3 Å². The van der Waals surface area contributed by atoms with Crippen LogP contribution in [0.15, 0.2) is 30.3 Å². The monoisotopic (exact) mass is 647 g/mol. The van der Waals surface area contributed by atoms with Crippen LogP contribution in [0.4, 0.5) is 0 Å². The highest BCUT2D eigenvalue weighted by Gasteiger charge is 2.45. The third-order valence-electron chi connectivity index (χ3n) is 7.86. The van der Waals surface area contributed by atoms with Crippen molar-refractivity contribution in [2.24, 2.45) is 0 Å². The number of benzene rings is 2. The molecule has 238 valence electrons. The average molecular weight is 649 g/mol. The number of unbranched alkanes of at least 4 members (excludes halogenated alkanes) is 5. The smallest absolute Gasteiger partial charge is 0.252 e. The molecule has 0 aliphatic carbocycles. The number of terminal acetylenes is 1. The maximum atomic E-state index is 13.3. The summed E-state index contributed by atoms with van der Waals surface area (Å²) in [6.45, 7) is 2.00. The number of aliphatic hydroxyl groups excluding tert-OH is 3. The molecule has 3 aromatic rings. The Morgan fingerprint density at radius 1 is 1.16 bits per heavy atom. The van der Waals surface area contributed by atoms with Crippen molar-refractivity contribution in [1.82, 2.24) is 14.9 Å². The SMILES string of the molecule is C#CCCCCCCCn1c(COc2c(Cl)cc(C(=O)N[C@H]3[C@@H](OC)O[C@H](CO)[C@@H](O)[C@@H]3O)c(C)c2Cl)nc2ccccc21. The minimum absolute atomic E-state index is 0.103. The standard InChI is InChI=1S/C32H39Cl2N3O7/c1-4-5-6-7-8-9-12-15-37-23-14-11-10-13-22(23)35-25(37)18-43-30-21(33)16-20(19(2)26(30)34)31(41)36-27-29(40)28(39)24(17-38)44-32(27)42-3/h1,10-11,13-14,16,24,27-29,32,38-40H,5-9,12,15,17-18H2,2-3H3,(H,36,41)/t24-,27-,28-,29-,32+/m1/s1. The zero-order valence-electron chi connectivity index (χ0n) is 24.8. The van der Waals surface area contributed by atoms with Crippen LogP contribution in [0.1, 0.15) is 60.3 Å². The van der Waals surface area contributed by atoms with Crippen LogP contribution in [0.25, 0.3) is 11.0 Å². The molecule has 1 aliphatic rings. The Kier molecular flexibility index (Phi) is 12.3. The van der Waals surface area contributed by atoms with E-state index in [1.807, 2.05) is 24.3 Å². The van der Waals surface area contributed by atoms with E-state index in [0.717, 1.165) is 61.9 Å². The van der Waals surface area contributed by atoms with Crippen molar-refractivity contribution in [2.45, 2.75) is 89.2 Å². The van der Waals surface area contributed by atoms with Gasteiger partial charge in [-0.2, -0.15) is 0 Å². The zero-order valence-corrected chi connectivity index (χ0v) is 26.4. The summed E-state index contributed by atoms with van der Waals surface area (Å²) >= 11 is 13.3. The second-order valence-corrected chi connectivity index (χ2v) is 11.6. The number of rotatable bonds is 14. The van der Waals surface area contributed by atoms with Crippen LogP contribution in [0.3, 0.4) is 0 Å². The molecule has 0 spiro atoms. The summed E-state index contributed by atoms with van der Waals surface area (Å²) in [6.07, 6.45) is 6.41. The van der Waals surface area contributed by atoms with Gasteiger partial charge in [0.05, 0.1) is 27.7 Å². The number of ether oxygens (including phenoxy) is 3. The van der Waals surface area contributed by atoms with E-state index in [4.69, 9.17) is 48.8 Å². The Balaban J connectivity index is 1.48. The van der Waals surface area contributed by atoms with E-state index in [9.17, 15) is 20.1 Å². The lowest BCUT2D eigenvalue weighted by Crippen LogP contribution is -2.64. The Morgan fingerprint density at radius 2 is 1.89 bits per heavy atom. The summed E-state index contributed by atoms with van der Waals surface area (Å²) in [6, 6.07) is 8.20. The van der Waals surface area contributed by atoms with Gasteiger partial charge >= 0.3 is 0 Å². The number of hydrogen-bond acceptors (Lipinski definition) is 8. The lowest BCUT2D eigenvalue weighted by Gasteiger charge is -2.41. The normalized spacial score (nSPS) is 21.7. The number of carbonyl (C=O) groups is 1. The number of amides is 1. The molecule has 4 rings (SSSR count). The van der Waals surface area contributed by atoms with Gasteiger partial charge in [0.2, 0.25) is 0 Å². The number of nitrogens with zero attached hydrogens (tertiary/aromatic N) is 2. The van der Waals surface area contributed by atoms with Crippen molar-refractivity contribution in [3.63, 3.8) is 0 Å². The molecule has 44 heavy (non-hydrogen) atoms. The highest BCUT2D eigenvalue weighted by atomic mass is 35.5. The third kappa shape index (κ3) is 7.66. The topological polar surface area (TPSA) is 135 Å². The molecule has 0 saturated carbocycles. The van der Waals surface area contributed by atoms with Crippen LogP contribution in [0.5, 0.6) is 5.75 Å². The zero-order chi connectivity index (χ0) is 31.8. The molecule has 10 nitrogen and oxygen atoms in total. The highest BCUT2D eigenvalue weighted by Crippen LogP contribution is 2.38. The van der Waals surface area contributed by atoms with Crippen molar-refractivity contribution in [3.8, 4) is 18.1 Å². The molecular formula is C32H39Cl2N3O7. The number of para-hydroxylation sites is 2. The predicted molar refractivity (Wildman–Crippen MR) is 168 cm³/mol. The third-order valence-corrected chi connectivity index (χ3v) is 8.59. The summed E-state index contributed by atoms with van der Waals surface area (Å²) in [4.78, 5) is 18.1. The summed E-state index contributed by atoms with van der Waals surface area (Å²) in [5.41, 5.74) is 2.41. The number of imidazole rings is 1. The molecule has 2 heterocycles. The number of fused-ring (bicyclic) bond motifs is 1. The molecule has 0 unspecified atom stereocenters. The fourth-order valence-corrected chi connectivity index (χ4v) is 5.94. The molecule has 2 aromatic carbocycles. The van der Waals surface area contributed by atoms with Gasteiger partial charge in [0, 0.05) is 25.6 Å². The number of carbonyl (C=O) groups excluding carboxylic acids is 1. The first-order valence-corrected chi connectivity index (χ1v) is 15.4. The molecule has 5 atom stereocenters. The maximum absolute atomic E-state index is 13.3. The number of nitrogens with one attached hydrogen (secondary N) is 1. The van der Waals surface area contributed by atoms with Crippen LogP contribution in [0.2, 0.25) is 10.0 Å². The first kappa shape index (κ1) is 34.0. The summed E-state index contributed by atoms with van der Waals surface area (Å²) in [7, 11) is 1.32. The van der Waals surface area contributed by atoms with E-state index >= 15 is 0 Å². The van der Waals surface area contributed by atoms with E-state index in [0.29, 0.717) is 5.56 Å². The summed E-state index contributed by atoms with van der Waals surface area (Å²) in [5, 5.41) is 33.2. The van der Waals surface area contributed by atoms with Crippen LogP contribution >= 0.6 is 23.2 Å². The van der Waals surface area contributed by atoms with Gasteiger partial charge < -0.3 is 39.4 Å². The Labute approximate surface area is 267 Å². The van der Waals surface area contributed by atoms with Gasteiger partial charge in [-0.1, -0.05) is 54.6 Å². The molecule has 0 bridgehead atoms. The summed E-state index contributed by atoms with van der Waals surface area (Å²) < 4.78 is 19.0. The van der Waals surface area contributed by atoms with E-state index in [1.54, 1.807) is 6.92 Å². The van der Waals surface area contributed by atoms with Crippen LogP contribution in [0, 0.1) is 19.3 Å². The first-order chi connectivity index (χ1) is 21.2. The van der Waals surface area contributed by atoms with E-state index in [-0.39, 0.29) is 28.0 Å². The number of aliphatic hydroxyl groups is 3. The maximum Gasteiger partial charge on any atom is 0.252 e. The van der Waals surface area contributed by atoms with Gasteiger partial charge in [0.25, 0.3) is 5.91 Å². The van der Waals surface area contributed by atoms with Gasteiger partial charge in [0.1, 0.15) is 36.8 Å². The first-order valence-electron chi connectivity index (χ1n) is 14.7. The van der Waals surface area contributed by atoms with Gasteiger partial charge in [0.15, 0.2) is 12.0 Å². The van der Waals surface area contributed by atoms with Crippen molar-refractivity contribution >= 4 is 40.1 Å². The second kappa shape index (κ2) is 15.9. The molecule has 1 aliphatic heterocycles. The molecule has 1 aromatic heterocycles. The number of aryl methyl sites for hydroxylation is 1. The summed E-state index contributed by atoms with van der Waals surface area (Å²) in [5.74, 6) is 3.00. The molecule has 4 N–H and O–H groups in total. The quantitative estimate of drug-likeness (QED) is 0.149. The van der Waals surface area contributed by atoms with Gasteiger partial charge in [-0.15, -0.1) is 12.3 Å². The van der Waals surface area contributed by atoms with Crippen LogP contribution in [-0.4, -0.2) is 75.1 Å². The lowest BCUT2D eigenvalue weighted by atomic mass is 9.96. The minimum Gasteiger partial charge on any atom is -0.483 e. The fourth-order valence-electron chi connectivity index (χ4n) is 5.38. The van der Waals surface area contributed by atoms with Crippen LogP contribution in [-0.2, 0) is 22.6 Å². The predicted octanol–water partition coefficient (Wildman–Crippen LogP) is 4.39. The number of methoxy groups -OCH3 is 1. The molecule has 1 fully saturated rings. The molecular weight excluding hydrogens is 609 g/mol. The average Bonchev–Trinajstić information content (AvgIpc) is 3.38. The highest BCUT2D eigenvalue weighted by molar-refractivity contribution is 6.38. The number of aromatic nitrogens is 2. The molecule has 1 amide bonds. The van der Waals surface area contributed by atoms with Crippen LogP contribution < -0.4 is 10.1 Å². The number of halogens is 2. The van der Waals surface area contributed by atoms with E-state index in [2.05, 4.69) is 15.8 Å². The minimum atomic E-state index is -1.46. The van der Waals surface area contributed by atoms with E-state index in [1.165, 1.54) is 13.2 Å². The fraction of sp³-hybridized carbons (Fsp3) is 0.500. The van der Waals surface area contributed by atoms with Gasteiger partial charge in [-0.05, 0) is 43.5 Å². The molecule has 0 radical (unpaired) electrons. The van der Waals surface area contributed by atoms with Crippen molar-refractivity contribution in [3.05, 3.63) is 57.3 Å². The Hall–Kier alpha value is -2.88. The van der Waals surface area contributed by atoms with Crippen molar-refractivity contribution in [1.29, 1.82) is 0 Å². The van der Waals surface area contributed by atoms with E-state index < -0.39 is 43.2 Å². The largest absolute Gasteiger partial charge is 0.483 e. The van der Waals surface area contributed by atoms with Gasteiger partial charge in [-0.25, -0.2) is 4.98 Å². The number of hydrogen-bond donors (Lipinski definition) is 4.